The van der Waals surface area contributed by atoms with E-state index in [0.717, 1.165) is 19.3 Å². The third-order valence-electron chi connectivity index (χ3n) is 6.17. The molecule has 1 aliphatic rings. The molecule has 0 aromatic rings. The molecule has 1 aliphatic carbocycles. The zero-order chi connectivity index (χ0) is 25.1. The SMILES string of the molecule is CCCCCC(C)(O)/C=C/C1CC(C(=O)[O-])C(=O)C1(C/C=C/CCCC(=O)OCC)C(=O)[O-]. The van der Waals surface area contributed by atoms with Gasteiger partial charge in [-0.05, 0) is 51.9 Å². The number of rotatable bonds is 15. The molecule has 33 heavy (non-hydrogen) atoms. The standard InChI is InChI=1S/C25H38O8/c1-4-6-10-14-24(3,32)16-13-18-17-19(22(28)29)21(27)25(18,23(30)31)15-11-8-7-9-12-20(26)33-5-2/h8,11,13,16,18-19,32H,4-7,9-10,12,14-15,17H2,1-3H3,(H,28,29)(H,30,31)/p-2/b11-8+,16-13+. The van der Waals surface area contributed by atoms with Crippen LogP contribution in [-0.4, -0.2) is 41.0 Å². The number of ether oxygens (including phenoxy) is 1. The predicted octanol–water partition coefficient (Wildman–Crippen LogP) is 1.25. The Kier molecular flexibility index (Phi) is 11.5. The van der Waals surface area contributed by atoms with E-state index in [1.807, 2.05) is 6.92 Å². The summed E-state index contributed by atoms with van der Waals surface area (Å²) >= 11 is 0. The minimum Gasteiger partial charge on any atom is -0.549 e. The number of carbonyl (C=O) groups is 4. The molecule has 8 heteroatoms. The lowest BCUT2D eigenvalue weighted by Gasteiger charge is -2.33. The molecule has 8 nitrogen and oxygen atoms in total. The fourth-order valence-electron chi connectivity index (χ4n) is 4.21. The van der Waals surface area contributed by atoms with Gasteiger partial charge in [-0.1, -0.05) is 50.5 Å². The minimum atomic E-state index is -2.06. The van der Waals surface area contributed by atoms with Gasteiger partial charge in [-0.15, -0.1) is 0 Å². The second kappa shape index (κ2) is 13.3. The highest BCUT2D eigenvalue weighted by atomic mass is 16.5. The molecular formula is C25H36O8-2. The van der Waals surface area contributed by atoms with E-state index in [4.69, 9.17) is 4.74 Å². The highest BCUT2D eigenvalue weighted by Gasteiger charge is 2.54. The second-order valence-electron chi connectivity index (χ2n) is 8.88. The highest BCUT2D eigenvalue weighted by molar-refractivity contribution is 6.12. The van der Waals surface area contributed by atoms with Crippen LogP contribution in [0.4, 0.5) is 0 Å². The average molecular weight is 465 g/mol. The number of aliphatic hydroxyl groups is 1. The number of Topliss-reactive ketones (excluding diaryl/α,β-unsaturated/α-hetero) is 1. The third-order valence-corrected chi connectivity index (χ3v) is 6.17. The first kappa shape index (κ1) is 28.6. The molecule has 1 fully saturated rings. The number of hydrogen-bond donors (Lipinski definition) is 1. The summed E-state index contributed by atoms with van der Waals surface area (Å²) in [7, 11) is 0. The maximum absolute atomic E-state index is 12.9. The first-order valence-electron chi connectivity index (χ1n) is 11.7. The molecule has 0 heterocycles. The van der Waals surface area contributed by atoms with Gasteiger partial charge in [0.05, 0.1) is 35.5 Å². The Morgan fingerprint density at radius 1 is 1.18 bits per heavy atom. The summed E-state index contributed by atoms with van der Waals surface area (Å²) in [6.07, 6.45) is 9.91. The number of unbranched alkanes of at least 4 members (excludes halogenated alkanes) is 3. The van der Waals surface area contributed by atoms with Gasteiger partial charge in [0.25, 0.3) is 0 Å². The Labute approximate surface area is 195 Å². The lowest BCUT2D eigenvalue weighted by molar-refractivity contribution is -0.317. The van der Waals surface area contributed by atoms with Crippen LogP contribution in [0.1, 0.15) is 78.6 Å². The van der Waals surface area contributed by atoms with Gasteiger partial charge in [0.15, 0.2) is 5.78 Å². The molecule has 0 aromatic carbocycles. The molecule has 0 spiro atoms. The molecule has 0 amide bonds. The zero-order valence-corrected chi connectivity index (χ0v) is 19.8. The Hall–Kier alpha value is -2.48. The summed E-state index contributed by atoms with van der Waals surface area (Å²) < 4.78 is 4.84. The van der Waals surface area contributed by atoms with Gasteiger partial charge in [-0.2, -0.15) is 0 Å². The predicted molar refractivity (Wildman–Crippen MR) is 117 cm³/mol. The van der Waals surface area contributed by atoms with E-state index in [1.165, 1.54) is 18.2 Å². The molecule has 1 saturated carbocycles. The molecule has 186 valence electrons. The van der Waals surface area contributed by atoms with Crippen molar-refractivity contribution >= 4 is 23.7 Å². The van der Waals surface area contributed by atoms with Crippen LogP contribution >= 0.6 is 0 Å². The van der Waals surface area contributed by atoms with Crippen molar-refractivity contribution in [1.29, 1.82) is 0 Å². The second-order valence-corrected chi connectivity index (χ2v) is 8.88. The summed E-state index contributed by atoms with van der Waals surface area (Å²) in [6, 6.07) is 0. The number of esters is 1. The van der Waals surface area contributed by atoms with E-state index in [9.17, 15) is 34.5 Å². The molecule has 1 N–H and O–H groups in total. The van der Waals surface area contributed by atoms with Gasteiger partial charge in [0, 0.05) is 6.42 Å². The van der Waals surface area contributed by atoms with Crippen LogP contribution in [0.15, 0.2) is 24.3 Å². The lowest BCUT2D eigenvalue weighted by atomic mass is 9.73. The molecule has 1 rings (SSSR count). The van der Waals surface area contributed by atoms with E-state index in [1.54, 1.807) is 19.9 Å². The summed E-state index contributed by atoms with van der Waals surface area (Å²) in [4.78, 5) is 48.0. The highest BCUT2D eigenvalue weighted by Crippen LogP contribution is 2.47. The molecule has 4 atom stereocenters. The largest absolute Gasteiger partial charge is 0.549 e. The number of carbonyl (C=O) groups excluding carboxylic acids is 4. The number of aliphatic carboxylic acids is 2. The monoisotopic (exact) mass is 464 g/mol. The third kappa shape index (κ3) is 8.11. The number of carboxylic acids is 2. The van der Waals surface area contributed by atoms with Crippen LogP contribution < -0.4 is 10.2 Å². The summed E-state index contributed by atoms with van der Waals surface area (Å²) in [6.45, 7) is 5.64. The van der Waals surface area contributed by atoms with Crippen LogP contribution in [0.25, 0.3) is 0 Å². The first-order valence-corrected chi connectivity index (χ1v) is 11.7. The van der Waals surface area contributed by atoms with Gasteiger partial charge in [-0.25, -0.2) is 0 Å². The fraction of sp³-hybridized carbons (Fsp3) is 0.680. The topological polar surface area (TPSA) is 144 Å². The van der Waals surface area contributed by atoms with E-state index in [-0.39, 0.29) is 25.2 Å². The van der Waals surface area contributed by atoms with E-state index >= 15 is 0 Å². The number of hydrogen-bond acceptors (Lipinski definition) is 8. The minimum absolute atomic E-state index is 0.216. The Morgan fingerprint density at radius 2 is 1.88 bits per heavy atom. The first-order chi connectivity index (χ1) is 15.5. The van der Waals surface area contributed by atoms with Crippen molar-refractivity contribution in [2.24, 2.45) is 17.3 Å². The van der Waals surface area contributed by atoms with Crippen LogP contribution in [-0.2, 0) is 23.9 Å². The molecule has 0 aromatic heterocycles. The van der Waals surface area contributed by atoms with Crippen LogP contribution in [0.2, 0.25) is 0 Å². The van der Waals surface area contributed by atoms with Crippen molar-refractivity contribution in [3.05, 3.63) is 24.3 Å². The van der Waals surface area contributed by atoms with Gasteiger partial charge < -0.3 is 29.6 Å². The number of allylic oxidation sites excluding steroid dienone is 3. The Morgan fingerprint density at radius 3 is 2.45 bits per heavy atom. The quantitative estimate of drug-likeness (QED) is 0.165. The van der Waals surface area contributed by atoms with E-state index in [0.29, 0.717) is 25.9 Å². The molecule has 0 bridgehead atoms. The number of carboxylic acid groups (broad SMARTS) is 2. The summed E-state index contributed by atoms with van der Waals surface area (Å²) in [5.74, 6) is -7.04. The summed E-state index contributed by atoms with van der Waals surface area (Å²) in [5.41, 5.74) is -3.27. The van der Waals surface area contributed by atoms with Gasteiger partial charge in [-0.3, -0.25) is 9.59 Å². The maximum Gasteiger partial charge on any atom is 0.305 e. The van der Waals surface area contributed by atoms with Crippen molar-refractivity contribution in [3.8, 4) is 0 Å². The lowest BCUT2D eigenvalue weighted by Crippen LogP contribution is -2.50. The molecule has 0 radical (unpaired) electrons. The van der Waals surface area contributed by atoms with Crippen LogP contribution in [0.3, 0.4) is 0 Å². The molecule has 0 aliphatic heterocycles. The van der Waals surface area contributed by atoms with Gasteiger partial charge in [0.2, 0.25) is 0 Å². The van der Waals surface area contributed by atoms with E-state index in [2.05, 4.69) is 0 Å². The molecule has 0 saturated heterocycles. The average Bonchev–Trinajstić information content (AvgIpc) is 3.02. The number of ketones is 1. The Balaban J connectivity index is 3.02. The van der Waals surface area contributed by atoms with Gasteiger partial charge in [0.1, 0.15) is 0 Å². The van der Waals surface area contributed by atoms with Crippen molar-refractivity contribution < 1.29 is 39.2 Å². The maximum atomic E-state index is 12.9. The molecule has 4 unspecified atom stereocenters. The van der Waals surface area contributed by atoms with Gasteiger partial charge >= 0.3 is 5.97 Å². The summed E-state index contributed by atoms with van der Waals surface area (Å²) in [5, 5.41) is 34.3. The molecular weight excluding hydrogens is 428 g/mol. The van der Waals surface area contributed by atoms with Crippen molar-refractivity contribution in [2.75, 3.05) is 6.61 Å². The van der Waals surface area contributed by atoms with Crippen LogP contribution in [0.5, 0.6) is 0 Å². The smallest absolute Gasteiger partial charge is 0.305 e. The van der Waals surface area contributed by atoms with E-state index < -0.39 is 40.6 Å². The van der Waals surface area contributed by atoms with Crippen LogP contribution in [0, 0.1) is 17.3 Å². The van der Waals surface area contributed by atoms with Crippen molar-refractivity contribution in [3.63, 3.8) is 0 Å². The van der Waals surface area contributed by atoms with Crippen molar-refractivity contribution in [1.82, 2.24) is 0 Å². The normalized spacial score (nSPS) is 24.9. The fourth-order valence-corrected chi connectivity index (χ4v) is 4.21. The zero-order valence-electron chi connectivity index (χ0n) is 19.8. The Bertz CT molecular complexity index is 752. The van der Waals surface area contributed by atoms with Crippen molar-refractivity contribution in [2.45, 2.75) is 84.2 Å².